The molecular weight excluding hydrogens is 620 g/mol. The molecule has 1 aromatic rings. The van der Waals surface area contributed by atoms with Gasteiger partial charge in [0.05, 0.1) is 0 Å². The summed E-state index contributed by atoms with van der Waals surface area (Å²) in [6.07, 6.45) is -11.3. The molecule has 2 fully saturated rings. The van der Waals surface area contributed by atoms with Crippen LogP contribution in [-0.4, -0.2) is 125 Å². The van der Waals surface area contributed by atoms with E-state index < -0.39 is 104 Å². The lowest BCUT2D eigenvalue weighted by atomic mass is 9.98. The lowest BCUT2D eigenvalue weighted by Crippen LogP contribution is -2.64. The van der Waals surface area contributed by atoms with Crippen molar-refractivity contribution in [1.29, 1.82) is 0 Å². The molecule has 0 aliphatic carbocycles. The molecule has 4 N–H and O–H groups in total. The average Bonchev–Trinajstić information content (AvgIpc) is 3.23. The molecule has 0 radical (unpaired) electrons. The zero-order valence-electron chi connectivity index (χ0n) is 25.3. The van der Waals surface area contributed by atoms with Crippen LogP contribution in [0.25, 0.3) is 6.08 Å². The van der Waals surface area contributed by atoms with Crippen LogP contribution in [0.4, 0.5) is 0 Å². The Hall–Kier alpha value is -4.13. The second-order valence-corrected chi connectivity index (χ2v) is 10.3. The zero-order valence-corrected chi connectivity index (χ0v) is 25.3. The molecule has 0 amide bonds. The van der Waals surface area contributed by atoms with E-state index in [1.807, 2.05) is 0 Å². The number of carbonyl (C=O) groups excluding carboxylic acids is 5. The fourth-order valence-corrected chi connectivity index (χ4v) is 4.69. The number of hydrogen-bond donors (Lipinski definition) is 4. The van der Waals surface area contributed by atoms with Crippen molar-refractivity contribution in [2.24, 2.45) is 0 Å². The Bertz CT molecular complexity index is 1280. The summed E-state index contributed by atoms with van der Waals surface area (Å²) in [7, 11) is 0. The summed E-state index contributed by atoms with van der Waals surface area (Å²) in [6, 6.07) is 5.75. The predicted octanol–water partition coefficient (Wildman–Crippen LogP) is -1.14. The highest BCUT2D eigenvalue weighted by Gasteiger charge is 2.62. The number of benzene rings is 1. The molecule has 0 unspecified atom stereocenters. The van der Waals surface area contributed by atoms with Gasteiger partial charge in [0.2, 0.25) is 12.1 Å². The van der Waals surface area contributed by atoms with Crippen LogP contribution in [0.5, 0.6) is 5.75 Å². The fourth-order valence-electron chi connectivity index (χ4n) is 4.69. The molecule has 0 spiro atoms. The zero-order chi connectivity index (χ0) is 34.2. The molecule has 0 aromatic heterocycles. The van der Waals surface area contributed by atoms with E-state index in [1.54, 1.807) is 0 Å². The Labute approximate surface area is 262 Å². The van der Waals surface area contributed by atoms with Crippen LogP contribution in [-0.2, 0) is 61.9 Å². The van der Waals surface area contributed by atoms with Crippen LogP contribution in [0.3, 0.4) is 0 Å². The summed E-state index contributed by atoms with van der Waals surface area (Å²) in [6.45, 7) is 1.89. The monoisotopic (exact) mass is 656 g/mol. The van der Waals surface area contributed by atoms with E-state index in [0.29, 0.717) is 5.56 Å². The minimum Gasteiger partial charge on any atom is -0.508 e. The fraction of sp³-hybridized carbons (Fsp3) is 0.552. The Morgan fingerprint density at radius 3 is 1.91 bits per heavy atom. The van der Waals surface area contributed by atoms with Gasteiger partial charge in [-0.05, 0) is 23.8 Å². The van der Waals surface area contributed by atoms with Crippen LogP contribution in [0, 0.1) is 0 Å². The first-order valence-corrected chi connectivity index (χ1v) is 13.9. The maximum atomic E-state index is 12.9. The van der Waals surface area contributed by atoms with Crippen molar-refractivity contribution >= 4 is 35.9 Å². The summed E-state index contributed by atoms with van der Waals surface area (Å²) in [4.78, 5) is 59.7. The van der Waals surface area contributed by atoms with Gasteiger partial charge < -0.3 is 58.3 Å². The molecule has 254 valence electrons. The summed E-state index contributed by atoms with van der Waals surface area (Å²) in [5.74, 6) is -6.88. The number of hydrogen-bond acceptors (Lipinski definition) is 17. The molecule has 0 saturated carbocycles. The highest BCUT2D eigenvalue weighted by molar-refractivity contribution is 5.87. The van der Waals surface area contributed by atoms with Gasteiger partial charge >= 0.3 is 29.8 Å². The van der Waals surface area contributed by atoms with Gasteiger partial charge in [-0.15, -0.1) is 0 Å². The Kier molecular flexibility index (Phi) is 12.6. The van der Waals surface area contributed by atoms with Gasteiger partial charge in [-0.2, -0.15) is 0 Å². The smallest absolute Gasteiger partial charge is 0.331 e. The Balaban J connectivity index is 1.97. The topological polar surface area (TPSA) is 240 Å². The summed E-state index contributed by atoms with van der Waals surface area (Å²) >= 11 is 0. The first-order chi connectivity index (χ1) is 21.6. The standard InChI is InChI=1S/C29H36O17/c1-14(31)39-11-20-23(37)27(44-22(36)10-7-18-5-8-19(35)9-6-18)29(13-30,45-20)46-28-26(42-17(4)34)24(38)25(41-16(3)33)21(43-28)12-40-15(2)32/h5-10,20-21,23-28,30,35,37-38H,11-13H2,1-4H3/t20-,21-,23-,24+,25-,26-,27+,28-,29+/m1/s1. The number of phenolic OH excluding ortho intramolecular Hbond substituents is 1. The summed E-state index contributed by atoms with van der Waals surface area (Å²) < 4.78 is 43.2. The molecule has 17 nitrogen and oxygen atoms in total. The van der Waals surface area contributed by atoms with Gasteiger partial charge in [0.15, 0.2) is 18.3 Å². The number of aliphatic hydroxyl groups is 3. The van der Waals surface area contributed by atoms with Gasteiger partial charge in [-0.3, -0.25) is 19.2 Å². The number of rotatable bonds is 12. The molecule has 2 heterocycles. The van der Waals surface area contributed by atoms with Crippen molar-refractivity contribution in [3.63, 3.8) is 0 Å². The van der Waals surface area contributed by atoms with Crippen molar-refractivity contribution in [3.05, 3.63) is 35.9 Å². The lowest BCUT2D eigenvalue weighted by molar-refractivity contribution is -0.384. The van der Waals surface area contributed by atoms with E-state index >= 15 is 0 Å². The second kappa shape index (κ2) is 15.9. The van der Waals surface area contributed by atoms with Crippen molar-refractivity contribution in [2.75, 3.05) is 19.8 Å². The molecule has 9 atom stereocenters. The molecular formula is C29H36O17. The van der Waals surface area contributed by atoms with Crippen LogP contribution < -0.4 is 0 Å². The van der Waals surface area contributed by atoms with Crippen molar-refractivity contribution in [1.82, 2.24) is 0 Å². The van der Waals surface area contributed by atoms with E-state index in [1.165, 1.54) is 30.3 Å². The van der Waals surface area contributed by atoms with E-state index in [-0.39, 0.29) is 5.75 Å². The second-order valence-electron chi connectivity index (χ2n) is 10.3. The third kappa shape index (κ3) is 9.44. The number of esters is 5. The number of phenols is 1. The predicted molar refractivity (Wildman–Crippen MR) is 148 cm³/mol. The Morgan fingerprint density at radius 2 is 1.37 bits per heavy atom. The molecule has 46 heavy (non-hydrogen) atoms. The molecule has 17 heteroatoms. The molecule has 3 rings (SSSR count). The van der Waals surface area contributed by atoms with Gasteiger partial charge in [-0.1, -0.05) is 12.1 Å². The molecule has 0 bridgehead atoms. The van der Waals surface area contributed by atoms with E-state index in [0.717, 1.165) is 33.8 Å². The van der Waals surface area contributed by atoms with Crippen LogP contribution in [0.15, 0.2) is 30.3 Å². The van der Waals surface area contributed by atoms with Crippen LogP contribution >= 0.6 is 0 Å². The quantitative estimate of drug-likeness (QED) is 0.118. The number of aromatic hydroxyl groups is 1. The van der Waals surface area contributed by atoms with Gasteiger partial charge in [-0.25, -0.2) is 4.79 Å². The number of carbonyl (C=O) groups is 5. The van der Waals surface area contributed by atoms with Crippen molar-refractivity contribution < 1.29 is 82.3 Å². The Morgan fingerprint density at radius 1 is 0.804 bits per heavy atom. The van der Waals surface area contributed by atoms with Crippen molar-refractivity contribution in [3.8, 4) is 5.75 Å². The third-order valence-corrected chi connectivity index (χ3v) is 6.68. The number of ether oxygens (including phenoxy) is 8. The largest absolute Gasteiger partial charge is 0.508 e. The normalized spacial score (nSPS) is 30.8. The molecule has 2 aliphatic rings. The third-order valence-electron chi connectivity index (χ3n) is 6.68. The van der Waals surface area contributed by atoms with E-state index in [4.69, 9.17) is 37.9 Å². The molecule has 2 saturated heterocycles. The van der Waals surface area contributed by atoms with Crippen LogP contribution in [0.2, 0.25) is 0 Å². The lowest BCUT2D eigenvalue weighted by Gasteiger charge is -2.45. The highest BCUT2D eigenvalue weighted by Crippen LogP contribution is 2.39. The number of aliphatic hydroxyl groups excluding tert-OH is 3. The SMILES string of the molecule is CC(=O)OC[C@H]1O[C@@](CO)(O[C@H]2O[C@H](COC(C)=O)[C@@H](OC(C)=O)[C@H](O)[C@H]2OC(C)=O)[C@@H](OC(=O)C=Cc2ccc(O)cc2)[C@@H]1O. The summed E-state index contributed by atoms with van der Waals surface area (Å²) in [5, 5.41) is 42.3. The average molecular weight is 657 g/mol. The minimum absolute atomic E-state index is 0.00830. The molecule has 1 aromatic carbocycles. The van der Waals surface area contributed by atoms with E-state index in [2.05, 4.69) is 0 Å². The van der Waals surface area contributed by atoms with Crippen LogP contribution in [0.1, 0.15) is 33.3 Å². The minimum atomic E-state index is -2.50. The van der Waals surface area contributed by atoms with E-state index in [9.17, 15) is 44.4 Å². The summed E-state index contributed by atoms with van der Waals surface area (Å²) in [5.41, 5.74) is 0.491. The van der Waals surface area contributed by atoms with Crippen molar-refractivity contribution in [2.45, 2.75) is 82.5 Å². The highest BCUT2D eigenvalue weighted by atomic mass is 16.8. The van der Waals surface area contributed by atoms with Gasteiger partial charge in [0.25, 0.3) is 0 Å². The first-order valence-electron chi connectivity index (χ1n) is 13.9. The van der Waals surface area contributed by atoms with Gasteiger partial charge in [0.1, 0.15) is 50.0 Å². The maximum absolute atomic E-state index is 12.9. The first kappa shape index (κ1) is 36.3. The van der Waals surface area contributed by atoms with Gasteiger partial charge in [0, 0.05) is 33.8 Å². The maximum Gasteiger partial charge on any atom is 0.331 e. The molecule has 2 aliphatic heterocycles.